The van der Waals surface area contributed by atoms with Gasteiger partial charge in [0.15, 0.2) is 0 Å². The van der Waals surface area contributed by atoms with Crippen LogP contribution < -0.4 is 16.4 Å². The van der Waals surface area contributed by atoms with E-state index in [0.29, 0.717) is 24.0 Å². The van der Waals surface area contributed by atoms with Gasteiger partial charge in [0, 0.05) is 43.1 Å². The van der Waals surface area contributed by atoms with Crippen molar-refractivity contribution in [2.45, 2.75) is 24.9 Å². The second kappa shape index (κ2) is 14.5. The van der Waals surface area contributed by atoms with E-state index in [2.05, 4.69) is 34.5 Å². The quantitative estimate of drug-likeness (QED) is 0.491. The van der Waals surface area contributed by atoms with Crippen molar-refractivity contribution >= 4 is 40.6 Å². The Morgan fingerprint density at radius 2 is 1.61 bits per heavy atom. The minimum absolute atomic E-state index is 0.00499. The fourth-order valence-corrected chi connectivity index (χ4v) is 4.09. The molecule has 2 aromatic carbocycles. The molecule has 0 radical (unpaired) electrons. The van der Waals surface area contributed by atoms with Crippen molar-refractivity contribution in [3.63, 3.8) is 0 Å². The monoisotopic (exact) mass is 544 g/mol. The number of hydrogen-bond acceptors (Lipinski definition) is 5. The third-order valence-electron chi connectivity index (χ3n) is 6.06. The summed E-state index contributed by atoms with van der Waals surface area (Å²) >= 11 is 11.0. The van der Waals surface area contributed by atoms with E-state index in [1.54, 1.807) is 4.90 Å². The van der Waals surface area contributed by atoms with Crippen molar-refractivity contribution in [3.05, 3.63) is 58.1 Å². The molecule has 0 aliphatic carbocycles. The van der Waals surface area contributed by atoms with Crippen molar-refractivity contribution in [2.24, 2.45) is 0 Å². The van der Waals surface area contributed by atoms with Crippen LogP contribution in [-0.2, 0) is 0 Å². The number of halogens is 4. The van der Waals surface area contributed by atoms with Crippen LogP contribution in [0.4, 0.5) is 25.0 Å². The number of hydrogen-bond donors (Lipinski definition) is 3. The average Bonchev–Trinajstić information content (AvgIpc) is 3.53. The first kappa shape index (κ1) is 30.1. The summed E-state index contributed by atoms with van der Waals surface area (Å²) in [5.74, 6) is -0.931. The maximum atomic E-state index is 13.0. The Kier molecular flexibility index (Phi) is 12.1. The number of nitrogen functional groups attached to an aromatic ring is 1. The lowest BCUT2D eigenvalue weighted by Gasteiger charge is -2.20. The number of carbonyl (C=O) groups excluding carboxylic acids is 1. The van der Waals surface area contributed by atoms with Crippen molar-refractivity contribution in [1.29, 1.82) is 0 Å². The van der Waals surface area contributed by atoms with Gasteiger partial charge in [-0.25, -0.2) is 13.6 Å². The molecule has 2 atom stereocenters. The molecule has 0 bridgehead atoms. The molecule has 2 aromatic rings. The first-order valence-corrected chi connectivity index (χ1v) is 12.5. The lowest BCUT2D eigenvalue weighted by atomic mass is 10.2. The molecule has 2 saturated heterocycles. The number of rotatable bonds is 3. The van der Waals surface area contributed by atoms with Gasteiger partial charge >= 0.3 is 6.03 Å². The Morgan fingerprint density at radius 3 is 2.06 bits per heavy atom. The zero-order valence-electron chi connectivity index (χ0n) is 21.2. The van der Waals surface area contributed by atoms with E-state index in [1.165, 1.54) is 55.9 Å². The van der Waals surface area contributed by atoms with Gasteiger partial charge in [0.2, 0.25) is 0 Å². The van der Waals surface area contributed by atoms with Crippen LogP contribution in [0, 0.1) is 11.6 Å². The standard InChI is InChI=1S/C13H17ClFN3O.C6H5ClFN.C6H14N2/c1-17(2)10-5-6-18(8-10)13(19)16-9-3-4-12(15)11(14)7-9;7-5-3-4(9)1-2-6(5)8;1-8(2)6-3-4-7-5-6/h3-4,7,10H,5-6,8H2,1-2H3,(H,16,19);1-3H,9H2;6-7H,3-5H2,1-2H3/t10-;;6-/m1.1/s1. The van der Waals surface area contributed by atoms with Crippen LogP contribution in [0.3, 0.4) is 0 Å². The Labute approximate surface area is 222 Å². The number of benzene rings is 2. The Hall–Kier alpha value is -2.17. The molecular formula is C25H36Cl2F2N6O. The van der Waals surface area contributed by atoms with Crippen molar-refractivity contribution in [2.75, 3.05) is 65.4 Å². The molecule has 2 amide bonds. The number of amides is 2. The van der Waals surface area contributed by atoms with Crippen molar-refractivity contribution in [3.8, 4) is 0 Å². The highest BCUT2D eigenvalue weighted by Crippen LogP contribution is 2.21. The lowest BCUT2D eigenvalue weighted by molar-refractivity contribution is 0.216. The normalized spacial score (nSPS) is 19.0. The minimum Gasteiger partial charge on any atom is -0.399 e. The largest absolute Gasteiger partial charge is 0.399 e. The minimum atomic E-state index is -0.492. The number of carbonyl (C=O) groups is 1. The van der Waals surface area contributed by atoms with Gasteiger partial charge in [0.05, 0.1) is 10.0 Å². The zero-order valence-corrected chi connectivity index (χ0v) is 22.7. The number of anilines is 2. The second-order valence-electron chi connectivity index (χ2n) is 9.19. The molecule has 0 spiro atoms. The summed E-state index contributed by atoms with van der Waals surface area (Å²) in [5, 5.41) is 6.11. The van der Waals surface area contributed by atoms with Gasteiger partial charge < -0.3 is 31.1 Å². The van der Waals surface area contributed by atoms with Crippen LogP contribution in [0.15, 0.2) is 36.4 Å². The predicted octanol–water partition coefficient (Wildman–Crippen LogP) is 4.62. The fraction of sp³-hybridized carbons (Fsp3) is 0.480. The highest BCUT2D eigenvalue weighted by molar-refractivity contribution is 6.31. The summed E-state index contributed by atoms with van der Waals surface area (Å²) in [6.07, 6.45) is 2.28. The Balaban J connectivity index is 0.000000221. The highest BCUT2D eigenvalue weighted by Gasteiger charge is 2.27. The third kappa shape index (κ3) is 9.71. The third-order valence-corrected chi connectivity index (χ3v) is 6.64. The maximum absolute atomic E-state index is 13.0. The van der Waals surface area contributed by atoms with E-state index < -0.39 is 11.6 Å². The molecule has 0 unspecified atom stereocenters. The number of nitrogens with zero attached hydrogens (tertiary/aromatic N) is 3. The van der Waals surface area contributed by atoms with Crippen LogP contribution in [-0.4, -0.2) is 87.2 Å². The van der Waals surface area contributed by atoms with Crippen LogP contribution in [0.5, 0.6) is 0 Å². The molecule has 2 aliphatic rings. The number of nitrogens with two attached hydrogens (primary N) is 1. The second-order valence-corrected chi connectivity index (χ2v) is 10.0. The summed E-state index contributed by atoms with van der Waals surface area (Å²) in [4.78, 5) is 18.2. The fourth-order valence-electron chi connectivity index (χ4n) is 3.72. The van der Waals surface area contributed by atoms with E-state index >= 15 is 0 Å². The van der Waals surface area contributed by atoms with Gasteiger partial charge in [-0.05, 0) is 84.0 Å². The van der Waals surface area contributed by atoms with Gasteiger partial charge in [0.25, 0.3) is 0 Å². The molecule has 4 rings (SSSR count). The SMILES string of the molecule is CN(C)[C@@H]1CCN(C(=O)Nc2ccc(F)c(Cl)c2)C1.CN(C)[C@@H]1CCNC1.Nc1ccc(F)c(Cl)c1. The van der Waals surface area contributed by atoms with Crippen molar-refractivity contribution < 1.29 is 13.6 Å². The van der Waals surface area contributed by atoms with E-state index in [9.17, 15) is 13.6 Å². The highest BCUT2D eigenvalue weighted by atomic mass is 35.5. The Morgan fingerprint density at radius 1 is 1.00 bits per heavy atom. The average molecular weight is 546 g/mol. The van der Waals surface area contributed by atoms with Crippen LogP contribution in [0.25, 0.3) is 0 Å². The molecular weight excluding hydrogens is 509 g/mol. The van der Waals surface area contributed by atoms with Gasteiger partial charge in [0.1, 0.15) is 11.6 Å². The molecule has 11 heteroatoms. The summed E-state index contributed by atoms with van der Waals surface area (Å²) < 4.78 is 25.3. The van der Waals surface area contributed by atoms with Crippen LogP contribution in [0.2, 0.25) is 10.0 Å². The van der Waals surface area contributed by atoms with Gasteiger partial charge in [-0.2, -0.15) is 0 Å². The maximum Gasteiger partial charge on any atom is 0.321 e. The number of likely N-dealkylation sites (tertiary alicyclic amines) is 1. The van der Waals surface area contributed by atoms with Gasteiger partial charge in [-0.3, -0.25) is 0 Å². The molecule has 7 nitrogen and oxygen atoms in total. The first-order chi connectivity index (χ1) is 17.0. The molecule has 200 valence electrons. The smallest absolute Gasteiger partial charge is 0.321 e. The van der Waals surface area contributed by atoms with E-state index in [1.807, 2.05) is 14.1 Å². The summed E-state index contributed by atoms with van der Waals surface area (Å²) in [6, 6.07) is 9.22. The lowest BCUT2D eigenvalue weighted by Crippen LogP contribution is -2.36. The zero-order chi connectivity index (χ0) is 26.8. The van der Waals surface area contributed by atoms with E-state index in [4.69, 9.17) is 28.9 Å². The number of nitrogens with one attached hydrogen (secondary N) is 2. The predicted molar refractivity (Wildman–Crippen MR) is 145 cm³/mol. The van der Waals surface area contributed by atoms with Crippen molar-refractivity contribution in [1.82, 2.24) is 20.0 Å². The summed E-state index contributed by atoms with van der Waals surface area (Å²) in [7, 11) is 8.28. The van der Waals surface area contributed by atoms with Crippen LogP contribution >= 0.6 is 23.2 Å². The van der Waals surface area contributed by atoms with Crippen LogP contribution in [0.1, 0.15) is 12.8 Å². The molecule has 36 heavy (non-hydrogen) atoms. The molecule has 2 fully saturated rings. The molecule has 2 aliphatic heterocycles. The first-order valence-electron chi connectivity index (χ1n) is 11.7. The van der Waals surface area contributed by atoms with Gasteiger partial charge in [-0.15, -0.1) is 0 Å². The van der Waals surface area contributed by atoms with E-state index in [-0.39, 0.29) is 16.1 Å². The molecule has 0 saturated carbocycles. The van der Waals surface area contributed by atoms with E-state index in [0.717, 1.165) is 19.0 Å². The summed E-state index contributed by atoms with van der Waals surface area (Å²) in [5.41, 5.74) is 6.25. The molecule has 4 N–H and O–H groups in total. The number of urea groups is 1. The Bertz CT molecular complexity index is 989. The summed E-state index contributed by atoms with van der Waals surface area (Å²) in [6.45, 7) is 3.80. The van der Waals surface area contributed by atoms with Gasteiger partial charge in [-0.1, -0.05) is 23.2 Å². The topological polar surface area (TPSA) is 76.9 Å². The molecule has 2 heterocycles. The number of likely N-dealkylation sites (N-methyl/N-ethyl adjacent to an activating group) is 2. The molecule has 0 aromatic heterocycles.